The summed E-state index contributed by atoms with van der Waals surface area (Å²) >= 11 is 0. The highest BCUT2D eigenvalue weighted by Crippen LogP contribution is 2.26. The van der Waals surface area contributed by atoms with E-state index in [9.17, 15) is 0 Å². The Morgan fingerprint density at radius 2 is 1.00 bits per heavy atom. The van der Waals surface area contributed by atoms with Crippen molar-refractivity contribution >= 4 is 0 Å². The van der Waals surface area contributed by atoms with Gasteiger partial charge in [-0.25, -0.2) is 9.55 Å². The number of H-pyrrole nitrogens is 1. The number of unbranched alkanes of at least 4 members (excludes halogenated alkanes) is 17. The predicted molar refractivity (Wildman–Crippen MR) is 152 cm³/mol. The van der Waals surface area contributed by atoms with Crippen molar-refractivity contribution in [3.8, 4) is 0 Å². The molecule has 0 aliphatic carbocycles. The fourth-order valence-electron chi connectivity index (χ4n) is 5.60. The van der Waals surface area contributed by atoms with Gasteiger partial charge in [0.2, 0.25) is 0 Å². The van der Waals surface area contributed by atoms with Crippen LogP contribution in [0, 0.1) is 0 Å². The van der Waals surface area contributed by atoms with Crippen LogP contribution in [0.15, 0.2) is 12.4 Å². The molecule has 1 heterocycles. The number of hydrogen-bond acceptors (Lipinski definition) is 0. The van der Waals surface area contributed by atoms with Crippen LogP contribution >= 0.6 is 0 Å². The molecule has 1 N–H and O–H groups in total. The Kier molecular flexibility index (Phi) is 20.8. The molecule has 1 aromatic rings. The Morgan fingerprint density at radius 3 is 1.47 bits per heavy atom. The van der Waals surface area contributed by atoms with Crippen molar-refractivity contribution < 1.29 is 4.57 Å². The van der Waals surface area contributed by atoms with Crippen molar-refractivity contribution in [2.45, 2.75) is 187 Å². The second-order valence-electron chi connectivity index (χ2n) is 11.2. The zero-order valence-electron chi connectivity index (χ0n) is 24.0. The number of aromatic nitrogens is 2. The van der Waals surface area contributed by atoms with Crippen molar-refractivity contribution in [3.05, 3.63) is 18.2 Å². The summed E-state index contributed by atoms with van der Waals surface area (Å²) in [6, 6.07) is 0.624. The second-order valence-corrected chi connectivity index (χ2v) is 11.2. The van der Waals surface area contributed by atoms with E-state index in [2.05, 4.69) is 49.6 Å². The summed E-state index contributed by atoms with van der Waals surface area (Å²) in [6.07, 6.45) is 36.9. The molecule has 2 atom stereocenters. The summed E-state index contributed by atoms with van der Waals surface area (Å²) in [5.74, 6) is 2.21. The Labute approximate surface area is 215 Å². The van der Waals surface area contributed by atoms with E-state index < -0.39 is 0 Å². The summed E-state index contributed by atoms with van der Waals surface area (Å²) in [7, 11) is 0. The number of nitrogens with zero attached hydrogens (tertiary/aromatic N) is 1. The van der Waals surface area contributed by atoms with Crippen molar-refractivity contribution in [1.29, 1.82) is 0 Å². The van der Waals surface area contributed by atoms with E-state index in [1.54, 1.807) is 0 Å². The van der Waals surface area contributed by atoms with Gasteiger partial charge in [0, 0.05) is 0 Å². The largest absolute Gasteiger partial charge is 0.257 e. The van der Waals surface area contributed by atoms with Gasteiger partial charge in [-0.15, -0.1) is 0 Å². The molecule has 34 heavy (non-hydrogen) atoms. The molecule has 0 aromatic carbocycles. The Hall–Kier alpha value is -0.790. The van der Waals surface area contributed by atoms with Crippen LogP contribution < -0.4 is 4.57 Å². The maximum absolute atomic E-state index is 3.64. The van der Waals surface area contributed by atoms with Gasteiger partial charge in [-0.05, 0) is 32.6 Å². The van der Waals surface area contributed by atoms with Crippen LogP contribution in [0.4, 0.5) is 0 Å². The van der Waals surface area contributed by atoms with E-state index in [0.717, 1.165) is 0 Å². The van der Waals surface area contributed by atoms with Crippen molar-refractivity contribution in [3.63, 3.8) is 0 Å². The molecule has 0 fully saturated rings. The van der Waals surface area contributed by atoms with E-state index in [-0.39, 0.29) is 0 Å². The molecule has 2 heteroatoms. The standard InChI is InChI=1S/C32H62N2/c1-5-8-10-12-13-14-15-16-17-18-19-20-22-24-27-31(25-7-3)32-33-28-29-34(32)30(4)26-23-21-11-9-6-2/h28-31H,5-27H2,1-4H3/p+1. The van der Waals surface area contributed by atoms with Gasteiger partial charge in [0.1, 0.15) is 12.4 Å². The minimum atomic E-state index is 0.624. The molecule has 0 spiro atoms. The van der Waals surface area contributed by atoms with Gasteiger partial charge in [-0.2, -0.15) is 0 Å². The van der Waals surface area contributed by atoms with Gasteiger partial charge >= 0.3 is 0 Å². The van der Waals surface area contributed by atoms with E-state index in [1.165, 1.54) is 154 Å². The third-order valence-corrected chi connectivity index (χ3v) is 7.87. The summed E-state index contributed by atoms with van der Waals surface area (Å²) < 4.78 is 2.57. The van der Waals surface area contributed by atoms with Crippen LogP contribution in [-0.4, -0.2) is 4.98 Å². The lowest BCUT2D eigenvalue weighted by Gasteiger charge is -2.16. The highest BCUT2D eigenvalue weighted by atomic mass is 15.1. The lowest BCUT2D eigenvalue weighted by atomic mass is 9.94. The molecule has 0 radical (unpaired) electrons. The molecule has 2 unspecified atom stereocenters. The average Bonchev–Trinajstić information content (AvgIpc) is 3.33. The lowest BCUT2D eigenvalue weighted by molar-refractivity contribution is -0.727. The SMILES string of the molecule is CCCCCCCCCCCCCCCCC(CCC)c1[nH]cc[n+]1C(C)CCCCCCC. The van der Waals surface area contributed by atoms with E-state index in [4.69, 9.17) is 0 Å². The molecular weight excluding hydrogens is 412 g/mol. The normalized spacial score (nSPS) is 13.4. The van der Waals surface area contributed by atoms with Gasteiger partial charge in [0.15, 0.2) is 0 Å². The Balaban J connectivity index is 2.18. The third-order valence-electron chi connectivity index (χ3n) is 7.87. The minimum Gasteiger partial charge on any atom is -0.247 e. The first-order valence-corrected chi connectivity index (χ1v) is 15.8. The number of aromatic amines is 1. The second kappa shape index (κ2) is 22.7. The molecule has 1 aromatic heterocycles. The molecule has 2 nitrogen and oxygen atoms in total. The highest BCUT2D eigenvalue weighted by Gasteiger charge is 2.24. The fourth-order valence-corrected chi connectivity index (χ4v) is 5.60. The first kappa shape index (κ1) is 31.2. The molecule has 0 saturated carbocycles. The molecule has 0 bridgehead atoms. The number of imidazole rings is 1. The van der Waals surface area contributed by atoms with Crippen LogP contribution in [0.2, 0.25) is 0 Å². The van der Waals surface area contributed by atoms with E-state index in [0.29, 0.717) is 12.0 Å². The van der Waals surface area contributed by atoms with Gasteiger partial charge in [0.25, 0.3) is 5.82 Å². The average molecular weight is 476 g/mol. The molecule has 0 amide bonds. The molecule has 0 aliphatic rings. The minimum absolute atomic E-state index is 0.624. The quantitative estimate of drug-likeness (QED) is 0.107. The van der Waals surface area contributed by atoms with Crippen molar-refractivity contribution in [1.82, 2.24) is 4.98 Å². The third kappa shape index (κ3) is 15.3. The Morgan fingerprint density at radius 1 is 0.559 bits per heavy atom. The number of nitrogens with one attached hydrogen (secondary N) is 1. The summed E-state index contributed by atoms with van der Waals surface area (Å²) in [5.41, 5.74) is 0. The highest BCUT2D eigenvalue weighted by molar-refractivity contribution is 4.90. The number of rotatable bonds is 25. The summed E-state index contributed by atoms with van der Waals surface area (Å²) in [5, 5.41) is 0. The molecule has 0 aliphatic heterocycles. The van der Waals surface area contributed by atoms with Crippen molar-refractivity contribution in [2.24, 2.45) is 0 Å². The maximum Gasteiger partial charge on any atom is 0.257 e. The molecule has 200 valence electrons. The van der Waals surface area contributed by atoms with Crippen LogP contribution in [-0.2, 0) is 0 Å². The topological polar surface area (TPSA) is 19.7 Å². The predicted octanol–water partition coefficient (Wildman–Crippen LogP) is 11.0. The molecular formula is C32H63N2+. The van der Waals surface area contributed by atoms with E-state index >= 15 is 0 Å². The van der Waals surface area contributed by atoms with Crippen molar-refractivity contribution in [2.75, 3.05) is 0 Å². The first-order chi connectivity index (χ1) is 16.7. The van der Waals surface area contributed by atoms with Gasteiger partial charge in [-0.1, -0.05) is 143 Å². The van der Waals surface area contributed by atoms with E-state index in [1.807, 2.05) is 0 Å². The summed E-state index contributed by atoms with van der Waals surface area (Å²) in [4.78, 5) is 3.64. The smallest absolute Gasteiger partial charge is 0.247 e. The first-order valence-electron chi connectivity index (χ1n) is 15.8. The zero-order valence-corrected chi connectivity index (χ0v) is 24.0. The molecule has 0 saturated heterocycles. The number of hydrogen-bond donors (Lipinski definition) is 1. The van der Waals surface area contributed by atoms with Gasteiger partial charge in [0.05, 0.1) is 12.0 Å². The monoisotopic (exact) mass is 475 g/mol. The van der Waals surface area contributed by atoms with Gasteiger partial charge in [-0.3, -0.25) is 0 Å². The lowest BCUT2D eigenvalue weighted by Crippen LogP contribution is -2.41. The Bertz CT molecular complexity index is 535. The summed E-state index contributed by atoms with van der Waals surface area (Å²) in [6.45, 7) is 9.38. The molecule has 1 rings (SSSR count). The van der Waals surface area contributed by atoms with Crippen LogP contribution in [0.1, 0.15) is 193 Å². The van der Waals surface area contributed by atoms with Crippen LogP contribution in [0.3, 0.4) is 0 Å². The van der Waals surface area contributed by atoms with Crippen LogP contribution in [0.25, 0.3) is 0 Å². The maximum atomic E-state index is 3.64. The zero-order chi connectivity index (χ0) is 24.7. The van der Waals surface area contributed by atoms with Gasteiger partial charge < -0.3 is 0 Å². The fraction of sp³-hybridized carbons (Fsp3) is 0.906. The van der Waals surface area contributed by atoms with Crippen LogP contribution in [0.5, 0.6) is 0 Å².